The van der Waals surface area contributed by atoms with Gasteiger partial charge in [0, 0.05) is 0 Å². The van der Waals surface area contributed by atoms with Crippen molar-refractivity contribution < 1.29 is 9.53 Å². The lowest BCUT2D eigenvalue weighted by Crippen LogP contribution is -2.22. The smallest absolute Gasteiger partial charge is 0.319 e. The first-order valence-corrected chi connectivity index (χ1v) is 4.64. The summed E-state index contributed by atoms with van der Waals surface area (Å²) < 4.78 is 4.82. The number of hydrogen-bond acceptors (Lipinski definition) is 2. The van der Waals surface area contributed by atoms with Crippen LogP contribution in [-0.2, 0) is 9.53 Å². The van der Waals surface area contributed by atoms with Gasteiger partial charge in [0.25, 0.3) is 0 Å². The number of alkyl halides is 1. The molecule has 0 aromatic rings. The Balaban J connectivity index is 3.71. The molecule has 10 heavy (non-hydrogen) atoms. The minimum absolute atomic E-state index is 0.00227. The summed E-state index contributed by atoms with van der Waals surface area (Å²) in [7, 11) is 0. The number of hydrogen-bond donors (Lipinski definition) is 0. The fourth-order valence-electron chi connectivity index (χ4n) is 0.494. The highest BCUT2D eigenvalue weighted by molar-refractivity contribution is 14.1. The predicted molar refractivity (Wildman–Crippen MR) is 49.3 cm³/mol. The Bertz CT molecular complexity index is 112. The molecular weight excluding hydrogens is 243 g/mol. The van der Waals surface area contributed by atoms with Crippen LogP contribution in [0.3, 0.4) is 0 Å². The van der Waals surface area contributed by atoms with Crippen molar-refractivity contribution >= 4 is 28.6 Å². The summed E-state index contributed by atoms with van der Waals surface area (Å²) in [6.07, 6.45) is 0. The van der Waals surface area contributed by atoms with Crippen LogP contribution >= 0.6 is 22.6 Å². The highest BCUT2D eigenvalue weighted by Gasteiger charge is 2.18. The lowest BCUT2D eigenvalue weighted by atomic mass is 10.1. The van der Waals surface area contributed by atoms with Crippen LogP contribution in [-0.4, -0.2) is 16.5 Å². The Labute approximate surface area is 75.5 Å². The van der Waals surface area contributed by atoms with Crippen LogP contribution in [0.15, 0.2) is 0 Å². The number of rotatable bonds is 3. The van der Waals surface area contributed by atoms with Crippen LogP contribution in [0.4, 0.5) is 0 Å². The van der Waals surface area contributed by atoms with Gasteiger partial charge in [-0.25, -0.2) is 0 Å². The van der Waals surface area contributed by atoms with E-state index in [1.165, 1.54) is 0 Å². The zero-order valence-electron chi connectivity index (χ0n) is 6.56. The molecule has 0 fully saturated rings. The van der Waals surface area contributed by atoms with E-state index in [1.807, 2.05) is 20.8 Å². The van der Waals surface area contributed by atoms with Gasteiger partial charge in [-0.05, 0) is 12.8 Å². The lowest BCUT2D eigenvalue weighted by molar-refractivity contribution is -0.142. The first kappa shape index (κ1) is 10.2. The molecule has 0 amide bonds. The third-order valence-electron chi connectivity index (χ3n) is 1.10. The minimum Gasteiger partial charge on any atom is -0.465 e. The fraction of sp³-hybridized carbons (Fsp3) is 0.857. The standard InChI is InChI=1S/C7H13IO2/c1-4-10-7(9)6(8)5(2)3/h5-6H,4H2,1-3H3. The Hall–Kier alpha value is 0.200. The fourth-order valence-corrected chi connectivity index (χ4v) is 0.674. The number of ether oxygens (including phenoxy) is 1. The Kier molecular flexibility index (Phi) is 5.03. The van der Waals surface area contributed by atoms with E-state index < -0.39 is 0 Å². The quantitative estimate of drug-likeness (QED) is 0.438. The van der Waals surface area contributed by atoms with Crippen molar-refractivity contribution in [1.29, 1.82) is 0 Å². The first-order valence-electron chi connectivity index (χ1n) is 3.40. The molecule has 60 valence electrons. The van der Waals surface area contributed by atoms with Crippen molar-refractivity contribution in [2.24, 2.45) is 5.92 Å². The van der Waals surface area contributed by atoms with Crippen LogP contribution in [0.2, 0.25) is 0 Å². The molecule has 0 aromatic heterocycles. The molecule has 0 N–H and O–H groups in total. The molecule has 0 aromatic carbocycles. The van der Waals surface area contributed by atoms with Crippen LogP contribution in [0, 0.1) is 5.92 Å². The predicted octanol–water partition coefficient (Wildman–Crippen LogP) is 2.01. The zero-order chi connectivity index (χ0) is 8.15. The highest BCUT2D eigenvalue weighted by atomic mass is 127. The zero-order valence-corrected chi connectivity index (χ0v) is 8.71. The van der Waals surface area contributed by atoms with E-state index in [2.05, 4.69) is 22.6 Å². The molecule has 0 radical (unpaired) electrons. The van der Waals surface area contributed by atoms with E-state index in [1.54, 1.807) is 0 Å². The first-order chi connectivity index (χ1) is 4.59. The average molecular weight is 256 g/mol. The largest absolute Gasteiger partial charge is 0.465 e. The molecule has 0 saturated heterocycles. The summed E-state index contributed by atoms with van der Waals surface area (Å²) in [4.78, 5) is 11.0. The lowest BCUT2D eigenvalue weighted by Gasteiger charge is -2.11. The van der Waals surface area contributed by atoms with Gasteiger partial charge in [-0.3, -0.25) is 4.79 Å². The number of halogens is 1. The normalized spacial score (nSPS) is 13.3. The van der Waals surface area contributed by atoms with E-state index in [9.17, 15) is 4.79 Å². The Morgan fingerprint density at radius 1 is 1.60 bits per heavy atom. The molecular formula is C7H13IO2. The second-order valence-electron chi connectivity index (χ2n) is 2.40. The summed E-state index contributed by atoms with van der Waals surface area (Å²) in [5, 5.41) is 0. The van der Waals surface area contributed by atoms with Gasteiger partial charge in [0.05, 0.1) is 6.61 Å². The molecule has 0 spiro atoms. The van der Waals surface area contributed by atoms with Gasteiger partial charge in [-0.2, -0.15) is 0 Å². The van der Waals surface area contributed by atoms with Crippen LogP contribution < -0.4 is 0 Å². The number of carbonyl (C=O) groups excluding carboxylic acids is 1. The summed E-state index contributed by atoms with van der Waals surface area (Å²) >= 11 is 2.11. The molecule has 1 atom stereocenters. The molecule has 0 aliphatic rings. The Morgan fingerprint density at radius 2 is 2.10 bits per heavy atom. The summed E-state index contributed by atoms with van der Waals surface area (Å²) in [6.45, 7) is 6.31. The van der Waals surface area contributed by atoms with Crippen molar-refractivity contribution in [2.75, 3.05) is 6.61 Å². The van der Waals surface area contributed by atoms with E-state index in [4.69, 9.17) is 4.74 Å². The molecule has 0 rings (SSSR count). The summed E-state index contributed by atoms with van der Waals surface area (Å²) in [5.41, 5.74) is 0. The molecule has 2 nitrogen and oxygen atoms in total. The molecule has 0 saturated carbocycles. The maximum Gasteiger partial charge on any atom is 0.319 e. The van der Waals surface area contributed by atoms with E-state index in [0.717, 1.165) is 0 Å². The maximum atomic E-state index is 11.0. The van der Waals surface area contributed by atoms with Gasteiger partial charge in [-0.15, -0.1) is 0 Å². The van der Waals surface area contributed by atoms with Crippen molar-refractivity contribution in [3.8, 4) is 0 Å². The Morgan fingerprint density at radius 3 is 2.40 bits per heavy atom. The molecule has 0 bridgehead atoms. The second kappa shape index (κ2) is 4.93. The van der Waals surface area contributed by atoms with Gasteiger partial charge in [0.2, 0.25) is 0 Å². The van der Waals surface area contributed by atoms with Crippen LogP contribution in [0.25, 0.3) is 0 Å². The van der Waals surface area contributed by atoms with Crippen LogP contribution in [0.5, 0.6) is 0 Å². The molecule has 0 heterocycles. The van der Waals surface area contributed by atoms with Crippen molar-refractivity contribution in [3.05, 3.63) is 0 Å². The summed E-state index contributed by atoms with van der Waals surface area (Å²) in [5.74, 6) is 0.262. The molecule has 0 aliphatic heterocycles. The van der Waals surface area contributed by atoms with Crippen LogP contribution in [0.1, 0.15) is 20.8 Å². The van der Waals surface area contributed by atoms with Gasteiger partial charge in [0.1, 0.15) is 3.92 Å². The second-order valence-corrected chi connectivity index (χ2v) is 3.74. The topological polar surface area (TPSA) is 26.3 Å². The number of esters is 1. The monoisotopic (exact) mass is 256 g/mol. The number of carbonyl (C=O) groups is 1. The van der Waals surface area contributed by atoms with Gasteiger partial charge in [-0.1, -0.05) is 36.4 Å². The van der Waals surface area contributed by atoms with E-state index in [0.29, 0.717) is 12.5 Å². The SMILES string of the molecule is CCOC(=O)C(I)C(C)C. The van der Waals surface area contributed by atoms with Crippen molar-refractivity contribution in [3.63, 3.8) is 0 Å². The third-order valence-corrected chi connectivity index (χ3v) is 3.04. The highest BCUT2D eigenvalue weighted by Crippen LogP contribution is 2.13. The average Bonchev–Trinajstić information content (AvgIpc) is 1.87. The van der Waals surface area contributed by atoms with Crippen molar-refractivity contribution in [1.82, 2.24) is 0 Å². The maximum absolute atomic E-state index is 11.0. The summed E-state index contributed by atoms with van der Waals surface area (Å²) in [6, 6.07) is 0. The minimum atomic E-state index is -0.0990. The molecule has 1 unspecified atom stereocenters. The van der Waals surface area contributed by atoms with E-state index >= 15 is 0 Å². The van der Waals surface area contributed by atoms with Crippen molar-refractivity contribution in [2.45, 2.75) is 24.7 Å². The molecule has 0 aliphatic carbocycles. The third kappa shape index (κ3) is 3.39. The van der Waals surface area contributed by atoms with Gasteiger partial charge >= 0.3 is 5.97 Å². The molecule has 3 heteroatoms. The van der Waals surface area contributed by atoms with Gasteiger partial charge < -0.3 is 4.74 Å². The van der Waals surface area contributed by atoms with Gasteiger partial charge in [0.15, 0.2) is 0 Å². The van der Waals surface area contributed by atoms with E-state index in [-0.39, 0.29) is 9.89 Å².